The van der Waals surface area contributed by atoms with Crippen molar-refractivity contribution in [2.75, 3.05) is 5.43 Å². The quantitative estimate of drug-likeness (QED) is 0.838. The Morgan fingerprint density at radius 1 is 1.12 bits per heavy atom. The van der Waals surface area contributed by atoms with E-state index in [-0.39, 0.29) is 6.54 Å². The first kappa shape index (κ1) is 10.5. The molecule has 2 aromatic rings. The van der Waals surface area contributed by atoms with Gasteiger partial charge in [0.05, 0.1) is 6.54 Å². The Bertz CT molecular complexity index is 460. The zero-order valence-corrected chi connectivity index (χ0v) is 8.32. The van der Waals surface area contributed by atoms with Crippen molar-refractivity contribution >= 4 is 0 Å². The molecular weight excluding hydrogens is 214 g/mol. The zero-order valence-electron chi connectivity index (χ0n) is 8.32. The van der Waals surface area contributed by atoms with Crippen molar-refractivity contribution in [3.05, 3.63) is 53.9 Å². The van der Waals surface area contributed by atoms with E-state index in [2.05, 4.69) is 5.43 Å². The molecule has 84 valence electrons. The fourth-order valence-corrected chi connectivity index (χ4v) is 1.34. The summed E-state index contributed by atoms with van der Waals surface area (Å²) < 4.78 is 27.6. The van der Waals surface area contributed by atoms with Crippen LogP contribution in [0.2, 0.25) is 0 Å². The van der Waals surface area contributed by atoms with Crippen molar-refractivity contribution in [1.82, 2.24) is 4.68 Å². The molecule has 0 aliphatic rings. The van der Waals surface area contributed by atoms with Gasteiger partial charge >= 0.3 is 0 Å². The lowest BCUT2D eigenvalue weighted by Crippen LogP contribution is -2.12. The van der Waals surface area contributed by atoms with Crippen LogP contribution < -0.4 is 5.43 Å². The Hall–Kier alpha value is -2.04. The summed E-state index contributed by atoms with van der Waals surface area (Å²) in [6, 6.07) is 5.83. The Balaban J connectivity index is 2.10. The Kier molecular flexibility index (Phi) is 2.76. The van der Waals surface area contributed by atoms with Crippen LogP contribution in [-0.4, -0.2) is 9.78 Å². The van der Waals surface area contributed by atoms with Gasteiger partial charge < -0.3 is 10.5 Å². The monoisotopic (exact) mass is 224 g/mol. The van der Waals surface area contributed by atoms with Crippen LogP contribution in [0.25, 0.3) is 0 Å². The minimum absolute atomic E-state index is 0.267. The predicted octanol–water partition coefficient (Wildman–Crippen LogP) is 2.22. The summed E-state index contributed by atoms with van der Waals surface area (Å²) in [5, 5.41) is 8.91. The van der Waals surface area contributed by atoms with Crippen molar-refractivity contribution in [3.8, 4) is 5.75 Å². The largest absolute Gasteiger partial charge is 0.503 e. The van der Waals surface area contributed by atoms with E-state index in [0.717, 1.165) is 12.1 Å². The molecule has 3 nitrogen and oxygen atoms in total. The van der Waals surface area contributed by atoms with Crippen LogP contribution in [0.3, 0.4) is 0 Å². The van der Waals surface area contributed by atoms with Crippen LogP contribution in [0.4, 0.5) is 8.78 Å². The van der Waals surface area contributed by atoms with Gasteiger partial charge in [-0.25, -0.2) is 8.78 Å². The van der Waals surface area contributed by atoms with Gasteiger partial charge in [-0.05, 0) is 29.8 Å². The van der Waals surface area contributed by atoms with E-state index in [9.17, 15) is 8.78 Å². The highest BCUT2D eigenvalue weighted by atomic mass is 19.1. The number of aromatic hydroxyl groups is 1. The smallest absolute Gasteiger partial charge is 0.187 e. The van der Waals surface area contributed by atoms with E-state index in [0.29, 0.717) is 5.56 Å². The van der Waals surface area contributed by atoms with Crippen molar-refractivity contribution in [2.24, 2.45) is 0 Å². The minimum Gasteiger partial charge on any atom is -0.503 e. The third-order valence-corrected chi connectivity index (χ3v) is 2.15. The molecule has 0 fully saturated rings. The SMILES string of the molecule is Oc1c(F)cc(CNn2cccc2)cc1F. The van der Waals surface area contributed by atoms with Crippen LogP contribution in [0, 0.1) is 11.6 Å². The van der Waals surface area contributed by atoms with E-state index in [1.165, 1.54) is 0 Å². The van der Waals surface area contributed by atoms with Gasteiger partial charge in [0.2, 0.25) is 0 Å². The third kappa shape index (κ3) is 2.13. The number of aromatic nitrogens is 1. The maximum Gasteiger partial charge on any atom is 0.187 e. The minimum atomic E-state index is -0.954. The average molecular weight is 224 g/mol. The first-order chi connectivity index (χ1) is 7.66. The lowest BCUT2D eigenvalue weighted by Gasteiger charge is -2.08. The number of rotatable bonds is 3. The molecule has 0 saturated heterocycles. The second kappa shape index (κ2) is 4.22. The highest BCUT2D eigenvalue weighted by Crippen LogP contribution is 2.21. The van der Waals surface area contributed by atoms with E-state index < -0.39 is 17.4 Å². The first-order valence-electron chi connectivity index (χ1n) is 4.70. The number of phenolic OH excluding ortho intramolecular Hbond substituents is 1. The van der Waals surface area contributed by atoms with E-state index in [1.54, 1.807) is 17.1 Å². The molecule has 0 amide bonds. The van der Waals surface area contributed by atoms with Gasteiger partial charge in [-0.2, -0.15) is 0 Å². The van der Waals surface area contributed by atoms with Crippen molar-refractivity contribution in [2.45, 2.75) is 6.54 Å². The van der Waals surface area contributed by atoms with Gasteiger partial charge in [0.15, 0.2) is 17.4 Å². The fourth-order valence-electron chi connectivity index (χ4n) is 1.34. The number of nitrogens with zero attached hydrogens (tertiary/aromatic N) is 1. The molecule has 1 aromatic carbocycles. The van der Waals surface area contributed by atoms with E-state index in [4.69, 9.17) is 5.11 Å². The topological polar surface area (TPSA) is 37.2 Å². The summed E-state index contributed by atoms with van der Waals surface area (Å²) in [6.45, 7) is 0.267. The van der Waals surface area contributed by atoms with Gasteiger partial charge in [-0.15, -0.1) is 0 Å². The predicted molar refractivity (Wildman–Crippen MR) is 55.5 cm³/mol. The second-order valence-electron chi connectivity index (χ2n) is 3.33. The standard InChI is InChI=1S/C11H10F2N2O/c12-9-5-8(6-10(13)11(9)16)7-14-15-3-1-2-4-15/h1-6,14,16H,7H2. The fraction of sp³-hybridized carbons (Fsp3) is 0.0909. The second-order valence-corrected chi connectivity index (χ2v) is 3.33. The van der Waals surface area contributed by atoms with Gasteiger partial charge in [0, 0.05) is 12.4 Å². The van der Waals surface area contributed by atoms with Crippen LogP contribution >= 0.6 is 0 Å². The van der Waals surface area contributed by atoms with Gasteiger partial charge in [0.1, 0.15) is 0 Å². The summed E-state index contributed by atoms with van der Waals surface area (Å²) in [7, 11) is 0. The van der Waals surface area contributed by atoms with E-state index in [1.807, 2.05) is 12.1 Å². The summed E-state index contributed by atoms with van der Waals surface area (Å²) in [5.74, 6) is -2.85. The summed E-state index contributed by atoms with van der Waals surface area (Å²) in [4.78, 5) is 0. The van der Waals surface area contributed by atoms with Crippen LogP contribution in [-0.2, 0) is 6.54 Å². The molecule has 0 bridgehead atoms. The summed E-state index contributed by atoms with van der Waals surface area (Å²) in [6.07, 6.45) is 3.54. The number of hydrogen-bond donors (Lipinski definition) is 2. The molecule has 5 heteroatoms. The lowest BCUT2D eigenvalue weighted by molar-refractivity contribution is 0.395. The maximum absolute atomic E-state index is 13.0. The number of hydrogen-bond acceptors (Lipinski definition) is 2. The highest BCUT2D eigenvalue weighted by Gasteiger charge is 2.08. The molecule has 0 unspecified atom stereocenters. The molecule has 0 spiro atoms. The lowest BCUT2D eigenvalue weighted by atomic mass is 10.2. The number of halogens is 2. The van der Waals surface area contributed by atoms with Gasteiger partial charge in [0.25, 0.3) is 0 Å². The molecular formula is C11H10F2N2O. The van der Waals surface area contributed by atoms with Gasteiger partial charge in [-0.1, -0.05) is 0 Å². The Labute approximate surface area is 90.9 Å². The number of nitrogens with one attached hydrogen (secondary N) is 1. The van der Waals surface area contributed by atoms with Crippen LogP contribution in [0.5, 0.6) is 5.75 Å². The first-order valence-corrected chi connectivity index (χ1v) is 4.70. The van der Waals surface area contributed by atoms with Crippen LogP contribution in [0.15, 0.2) is 36.7 Å². The third-order valence-electron chi connectivity index (χ3n) is 2.15. The van der Waals surface area contributed by atoms with Gasteiger partial charge in [-0.3, -0.25) is 4.68 Å². The molecule has 0 aliphatic carbocycles. The summed E-state index contributed by atoms with van der Waals surface area (Å²) >= 11 is 0. The average Bonchev–Trinajstić information content (AvgIpc) is 2.75. The van der Waals surface area contributed by atoms with Crippen molar-refractivity contribution in [1.29, 1.82) is 0 Å². The molecule has 16 heavy (non-hydrogen) atoms. The molecule has 2 rings (SSSR count). The van der Waals surface area contributed by atoms with Crippen molar-refractivity contribution < 1.29 is 13.9 Å². The molecule has 0 aliphatic heterocycles. The van der Waals surface area contributed by atoms with Crippen LogP contribution in [0.1, 0.15) is 5.56 Å². The Morgan fingerprint density at radius 3 is 2.25 bits per heavy atom. The van der Waals surface area contributed by atoms with E-state index >= 15 is 0 Å². The summed E-state index contributed by atoms with van der Waals surface area (Å²) in [5.41, 5.74) is 3.33. The normalized spacial score (nSPS) is 10.4. The molecule has 0 atom stereocenters. The molecule has 1 heterocycles. The highest BCUT2D eigenvalue weighted by molar-refractivity contribution is 5.30. The molecule has 0 saturated carbocycles. The Morgan fingerprint density at radius 2 is 1.69 bits per heavy atom. The molecule has 1 aromatic heterocycles. The number of benzene rings is 1. The molecule has 2 N–H and O–H groups in total. The maximum atomic E-state index is 13.0. The van der Waals surface area contributed by atoms with Crippen molar-refractivity contribution in [3.63, 3.8) is 0 Å². The zero-order chi connectivity index (χ0) is 11.5. The number of phenols is 1. The molecule has 0 radical (unpaired) electrons.